The fourth-order valence-electron chi connectivity index (χ4n) is 0.414. The molecule has 0 spiro atoms. The van der Waals surface area contributed by atoms with Crippen molar-refractivity contribution in [3.05, 3.63) is 0 Å². The van der Waals surface area contributed by atoms with Crippen molar-refractivity contribution in [2.24, 2.45) is 0 Å². The number of ether oxygens (including phenoxy) is 1. The van der Waals surface area contributed by atoms with E-state index >= 15 is 0 Å². The summed E-state index contributed by atoms with van der Waals surface area (Å²) in [5.74, 6) is -0.245. The molecule has 0 saturated carbocycles. The predicted octanol–water partition coefficient (Wildman–Crippen LogP) is -0.0816. The molecule has 0 aliphatic heterocycles. The van der Waals surface area contributed by atoms with Gasteiger partial charge in [-0.05, 0) is 6.42 Å². The van der Waals surface area contributed by atoms with Gasteiger partial charge >= 0.3 is 5.97 Å². The molecule has 4 heteroatoms. The molecule has 0 atom stereocenters. The molecular weight excluding hydrogens is 122 g/mol. The van der Waals surface area contributed by atoms with Crippen LogP contribution in [-0.4, -0.2) is 24.8 Å². The first-order valence-electron chi connectivity index (χ1n) is 2.75. The van der Waals surface area contributed by atoms with Gasteiger partial charge < -0.3 is 9.94 Å². The van der Waals surface area contributed by atoms with E-state index in [1.54, 1.807) is 0 Å². The third-order valence-corrected chi connectivity index (χ3v) is 0.897. The molecule has 4 nitrogen and oxygen atoms in total. The second-order valence-corrected chi connectivity index (χ2v) is 1.59. The van der Waals surface area contributed by atoms with E-state index in [1.807, 2.05) is 5.48 Å². The Kier molecular flexibility index (Phi) is 5.15. The van der Waals surface area contributed by atoms with E-state index in [2.05, 4.69) is 4.74 Å². The number of rotatable bonds is 4. The standard InChI is InChI=1S/C5H11NO3/c1-9-5(7)3-2-4-6-8/h6,8H,2-4H2,1H3. The minimum absolute atomic E-state index is 0.245. The number of esters is 1. The lowest BCUT2D eigenvalue weighted by Gasteiger charge is -1.96. The summed E-state index contributed by atoms with van der Waals surface area (Å²) in [7, 11) is 1.34. The first-order valence-corrected chi connectivity index (χ1v) is 2.75. The zero-order valence-corrected chi connectivity index (χ0v) is 5.39. The summed E-state index contributed by atoms with van der Waals surface area (Å²) in [5.41, 5.74) is 1.94. The van der Waals surface area contributed by atoms with Gasteiger partial charge in [-0.25, -0.2) is 5.48 Å². The van der Waals surface area contributed by atoms with Crippen LogP contribution in [-0.2, 0) is 9.53 Å². The van der Waals surface area contributed by atoms with Crippen LogP contribution in [0.5, 0.6) is 0 Å². The van der Waals surface area contributed by atoms with Crippen molar-refractivity contribution < 1.29 is 14.7 Å². The highest BCUT2D eigenvalue weighted by Crippen LogP contribution is 1.88. The molecule has 0 heterocycles. The fourth-order valence-corrected chi connectivity index (χ4v) is 0.414. The molecular formula is C5H11NO3. The van der Waals surface area contributed by atoms with Crippen molar-refractivity contribution in [1.82, 2.24) is 5.48 Å². The van der Waals surface area contributed by atoms with Crippen LogP contribution in [0, 0.1) is 0 Å². The van der Waals surface area contributed by atoms with E-state index in [9.17, 15) is 4.79 Å². The van der Waals surface area contributed by atoms with E-state index in [4.69, 9.17) is 5.21 Å². The first kappa shape index (κ1) is 8.39. The van der Waals surface area contributed by atoms with Gasteiger partial charge in [-0.2, -0.15) is 0 Å². The highest BCUT2D eigenvalue weighted by atomic mass is 16.5. The van der Waals surface area contributed by atoms with Crippen LogP contribution < -0.4 is 5.48 Å². The van der Waals surface area contributed by atoms with Gasteiger partial charge in [0.2, 0.25) is 0 Å². The maximum Gasteiger partial charge on any atom is 0.305 e. The fraction of sp³-hybridized carbons (Fsp3) is 0.800. The van der Waals surface area contributed by atoms with E-state index in [-0.39, 0.29) is 5.97 Å². The smallest absolute Gasteiger partial charge is 0.305 e. The summed E-state index contributed by atoms with van der Waals surface area (Å²) in [6, 6.07) is 0. The highest BCUT2D eigenvalue weighted by molar-refractivity contribution is 5.68. The van der Waals surface area contributed by atoms with Crippen LogP contribution in [0.15, 0.2) is 0 Å². The summed E-state index contributed by atoms with van der Waals surface area (Å²) in [4.78, 5) is 10.4. The Labute approximate surface area is 53.8 Å². The SMILES string of the molecule is COC(=O)CCCNO. The van der Waals surface area contributed by atoms with Crippen LogP contribution in [0.2, 0.25) is 0 Å². The molecule has 0 fully saturated rings. The third kappa shape index (κ3) is 5.26. The highest BCUT2D eigenvalue weighted by Gasteiger charge is 1.96. The Morgan fingerprint density at radius 2 is 2.44 bits per heavy atom. The number of methoxy groups -OCH3 is 1. The molecule has 0 aromatic carbocycles. The molecule has 0 aliphatic carbocycles. The van der Waals surface area contributed by atoms with E-state index in [0.717, 1.165) is 0 Å². The first-order chi connectivity index (χ1) is 4.31. The van der Waals surface area contributed by atoms with Crippen LogP contribution in [0.25, 0.3) is 0 Å². The van der Waals surface area contributed by atoms with Gasteiger partial charge in [-0.3, -0.25) is 4.79 Å². The van der Waals surface area contributed by atoms with E-state index < -0.39 is 0 Å². The van der Waals surface area contributed by atoms with Crippen molar-refractivity contribution >= 4 is 5.97 Å². The molecule has 0 bridgehead atoms. The Morgan fingerprint density at radius 3 is 2.89 bits per heavy atom. The van der Waals surface area contributed by atoms with Gasteiger partial charge in [0.25, 0.3) is 0 Å². The molecule has 0 unspecified atom stereocenters. The predicted molar refractivity (Wildman–Crippen MR) is 31.0 cm³/mol. The normalized spacial score (nSPS) is 9.11. The van der Waals surface area contributed by atoms with Gasteiger partial charge in [0.15, 0.2) is 0 Å². The largest absolute Gasteiger partial charge is 0.469 e. The van der Waals surface area contributed by atoms with Crippen molar-refractivity contribution in [3.63, 3.8) is 0 Å². The third-order valence-electron chi connectivity index (χ3n) is 0.897. The van der Waals surface area contributed by atoms with Crippen LogP contribution in [0.4, 0.5) is 0 Å². The molecule has 0 aromatic heterocycles. The zero-order valence-electron chi connectivity index (χ0n) is 5.39. The maximum atomic E-state index is 10.4. The van der Waals surface area contributed by atoms with Gasteiger partial charge in [0, 0.05) is 13.0 Å². The van der Waals surface area contributed by atoms with E-state index in [1.165, 1.54) is 7.11 Å². The Hall–Kier alpha value is -0.610. The minimum Gasteiger partial charge on any atom is -0.469 e. The number of hydroxylamine groups is 1. The maximum absolute atomic E-state index is 10.4. The van der Waals surface area contributed by atoms with Crippen molar-refractivity contribution in [3.8, 4) is 0 Å². The quantitative estimate of drug-likeness (QED) is 0.320. The molecule has 0 radical (unpaired) electrons. The average molecular weight is 133 g/mol. The molecule has 0 saturated heterocycles. The van der Waals surface area contributed by atoms with Crippen LogP contribution in [0.1, 0.15) is 12.8 Å². The summed E-state index contributed by atoms with van der Waals surface area (Å²) in [6.07, 6.45) is 0.952. The van der Waals surface area contributed by atoms with Gasteiger partial charge in [-0.1, -0.05) is 0 Å². The zero-order chi connectivity index (χ0) is 7.11. The molecule has 0 rings (SSSR count). The second kappa shape index (κ2) is 5.53. The number of nitrogens with one attached hydrogen (secondary N) is 1. The number of carbonyl (C=O) groups is 1. The molecule has 9 heavy (non-hydrogen) atoms. The van der Waals surface area contributed by atoms with Crippen molar-refractivity contribution in [2.75, 3.05) is 13.7 Å². The Morgan fingerprint density at radius 1 is 1.78 bits per heavy atom. The Bertz CT molecular complexity index is 84.3. The molecule has 0 amide bonds. The average Bonchev–Trinajstić information content (AvgIpc) is 1.89. The van der Waals surface area contributed by atoms with Crippen molar-refractivity contribution in [2.45, 2.75) is 12.8 Å². The second-order valence-electron chi connectivity index (χ2n) is 1.59. The molecule has 54 valence electrons. The van der Waals surface area contributed by atoms with Gasteiger partial charge in [0.05, 0.1) is 7.11 Å². The van der Waals surface area contributed by atoms with Crippen molar-refractivity contribution in [1.29, 1.82) is 0 Å². The number of hydrogen-bond acceptors (Lipinski definition) is 4. The lowest BCUT2D eigenvalue weighted by molar-refractivity contribution is -0.140. The molecule has 0 aromatic rings. The summed E-state index contributed by atoms with van der Waals surface area (Å²) in [6.45, 7) is 0.426. The summed E-state index contributed by atoms with van der Waals surface area (Å²) in [5, 5.41) is 8.05. The molecule has 2 N–H and O–H groups in total. The minimum atomic E-state index is -0.245. The van der Waals surface area contributed by atoms with Gasteiger partial charge in [0.1, 0.15) is 0 Å². The van der Waals surface area contributed by atoms with Gasteiger partial charge in [-0.15, -0.1) is 0 Å². The van der Waals surface area contributed by atoms with Crippen LogP contribution in [0.3, 0.4) is 0 Å². The summed E-state index contributed by atoms with van der Waals surface area (Å²) < 4.78 is 4.35. The Balaban J connectivity index is 2.97. The van der Waals surface area contributed by atoms with E-state index in [0.29, 0.717) is 19.4 Å². The lowest BCUT2D eigenvalue weighted by Crippen LogP contribution is -2.11. The monoisotopic (exact) mass is 133 g/mol. The summed E-state index contributed by atoms with van der Waals surface area (Å²) >= 11 is 0. The number of hydrogen-bond donors (Lipinski definition) is 2. The molecule has 0 aliphatic rings. The van der Waals surface area contributed by atoms with Crippen LogP contribution >= 0.6 is 0 Å². The lowest BCUT2D eigenvalue weighted by atomic mass is 10.3. The number of carbonyl (C=O) groups excluding carboxylic acids is 1. The topological polar surface area (TPSA) is 58.6 Å².